The highest BCUT2D eigenvalue weighted by molar-refractivity contribution is 7.99. The molecule has 0 atom stereocenters. The Morgan fingerprint density at radius 2 is 1.44 bits per heavy atom. The Balaban J connectivity index is 1.71. The van der Waals surface area contributed by atoms with Gasteiger partial charge < -0.3 is 5.32 Å². The summed E-state index contributed by atoms with van der Waals surface area (Å²) in [5, 5.41) is 3.99. The van der Waals surface area contributed by atoms with E-state index in [0.717, 1.165) is 26.9 Å². The summed E-state index contributed by atoms with van der Waals surface area (Å²) in [6.45, 7) is 1.99. The monoisotopic (exact) mass is 435 g/mol. The van der Waals surface area contributed by atoms with E-state index in [9.17, 15) is 4.79 Å². The summed E-state index contributed by atoms with van der Waals surface area (Å²) >= 11 is 1.62. The highest BCUT2D eigenvalue weighted by Crippen LogP contribution is 2.32. The van der Waals surface area contributed by atoms with Crippen LogP contribution in [0.25, 0.3) is 16.7 Å². The van der Waals surface area contributed by atoms with Crippen LogP contribution < -0.4 is 10.7 Å². The van der Waals surface area contributed by atoms with Gasteiger partial charge in [-0.1, -0.05) is 66.4 Å². The van der Waals surface area contributed by atoms with Gasteiger partial charge in [0.1, 0.15) is 11.5 Å². The highest BCUT2D eigenvalue weighted by atomic mass is 32.2. The summed E-state index contributed by atoms with van der Waals surface area (Å²) in [6, 6.07) is 33.6. The van der Waals surface area contributed by atoms with Gasteiger partial charge in [-0.25, -0.2) is 4.98 Å². The van der Waals surface area contributed by atoms with Crippen LogP contribution in [0, 0.1) is 6.92 Å². The van der Waals surface area contributed by atoms with Gasteiger partial charge in [0.2, 0.25) is 0 Å². The summed E-state index contributed by atoms with van der Waals surface area (Å²) in [7, 11) is 0. The number of para-hydroxylation sites is 2. The molecule has 1 N–H and O–H groups in total. The molecule has 156 valence electrons. The lowest BCUT2D eigenvalue weighted by molar-refractivity contribution is 1.03. The van der Waals surface area contributed by atoms with Gasteiger partial charge in [-0.15, -0.1) is 0 Å². The second kappa shape index (κ2) is 8.73. The quantitative estimate of drug-likeness (QED) is 0.338. The van der Waals surface area contributed by atoms with Crippen molar-refractivity contribution < 1.29 is 0 Å². The molecule has 0 fully saturated rings. The smallest absolute Gasteiger partial charge is 0.193 e. The maximum atomic E-state index is 13.2. The summed E-state index contributed by atoms with van der Waals surface area (Å²) < 4.78 is 2.01. The molecule has 0 radical (unpaired) electrons. The van der Waals surface area contributed by atoms with Crippen molar-refractivity contribution in [1.29, 1.82) is 0 Å². The van der Waals surface area contributed by atoms with Gasteiger partial charge in [-0.3, -0.25) is 9.36 Å². The third-order valence-electron chi connectivity index (χ3n) is 5.16. The van der Waals surface area contributed by atoms with E-state index in [1.807, 2.05) is 96.4 Å². The van der Waals surface area contributed by atoms with Crippen LogP contribution in [0.15, 0.2) is 118 Å². The van der Waals surface area contributed by atoms with E-state index in [0.29, 0.717) is 16.9 Å². The van der Waals surface area contributed by atoms with Crippen LogP contribution in [0.5, 0.6) is 0 Å². The Labute approximate surface area is 190 Å². The zero-order valence-corrected chi connectivity index (χ0v) is 18.3. The van der Waals surface area contributed by atoms with Crippen molar-refractivity contribution >= 4 is 34.3 Å². The molecule has 0 saturated heterocycles. The van der Waals surface area contributed by atoms with Crippen LogP contribution in [0.4, 0.5) is 11.5 Å². The number of nitrogens with one attached hydrogen (secondary N) is 1. The standard InChI is InChI=1S/C27H21N3OS/c1-19-25(32-22-15-9-4-10-16-22)17-23-24(31)18-26(29-20-11-5-2-6-12-20)30(27(23)28-19)21-13-7-3-8-14-21/h2-18,29H,1H3. The third kappa shape index (κ3) is 4.03. The van der Waals surface area contributed by atoms with E-state index in [-0.39, 0.29) is 5.43 Å². The van der Waals surface area contributed by atoms with E-state index >= 15 is 0 Å². The first-order chi connectivity index (χ1) is 15.7. The van der Waals surface area contributed by atoms with Crippen molar-refractivity contribution in [2.75, 3.05) is 5.32 Å². The second-order valence-corrected chi connectivity index (χ2v) is 8.53. The predicted molar refractivity (Wildman–Crippen MR) is 132 cm³/mol. The van der Waals surface area contributed by atoms with Crippen molar-refractivity contribution in [3.8, 4) is 5.69 Å². The number of aromatic nitrogens is 2. The number of pyridine rings is 2. The third-order valence-corrected chi connectivity index (χ3v) is 6.31. The molecule has 32 heavy (non-hydrogen) atoms. The minimum absolute atomic E-state index is 0.0620. The van der Waals surface area contributed by atoms with E-state index < -0.39 is 0 Å². The summed E-state index contributed by atoms with van der Waals surface area (Å²) in [6.07, 6.45) is 0. The number of fused-ring (bicyclic) bond motifs is 1. The minimum atomic E-state index is -0.0620. The van der Waals surface area contributed by atoms with Gasteiger partial charge in [0.25, 0.3) is 0 Å². The van der Waals surface area contributed by atoms with Crippen molar-refractivity contribution in [3.63, 3.8) is 0 Å². The number of nitrogens with zero attached hydrogens (tertiary/aromatic N) is 2. The van der Waals surface area contributed by atoms with Crippen molar-refractivity contribution in [2.45, 2.75) is 16.7 Å². The Morgan fingerprint density at radius 3 is 2.12 bits per heavy atom. The predicted octanol–water partition coefficient (Wildman–Crippen LogP) is 6.59. The largest absolute Gasteiger partial charge is 0.341 e. The molecule has 5 aromatic rings. The van der Waals surface area contributed by atoms with Gasteiger partial charge in [0.15, 0.2) is 5.43 Å². The Bertz CT molecular complexity index is 1430. The molecule has 5 heteroatoms. The van der Waals surface area contributed by atoms with Gasteiger partial charge in [0, 0.05) is 27.2 Å². The lowest BCUT2D eigenvalue weighted by Crippen LogP contribution is -2.14. The minimum Gasteiger partial charge on any atom is -0.341 e. The molecular weight excluding hydrogens is 414 g/mol. The molecule has 0 amide bonds. The Hall–Kier alpha value is -3.83. The maximum absolute atomic E-state index is 13.2. The van der Waals surface area contributed by atoms with Crippen molar-refractivity contribution in [1.82, 2.24) is 9.55 Å². The van der Waals surface area contributed by atoms with Gasteiger partial charge >= 0.3 is 0 Å². The molecule has 0 unspecified atom stereocenters. The first-order valence-electron chi connectivity index (χ1n) is 10.4. The first-order valence-corrected chi connectivity index (χ1v) is 11.2. The molecule has 0 bridgehead atoms. The molecule has 0 aliphatic rings. The first kappa shape index (κ1) is 20.1. The van der Waals surface area contributed by atoms with E-state index in [4.69, 9.17) is 4.98 Å². The number of benzene rings is 3. The fourth-order valence-electron chi connectivity index (χ4n) is 3.63. The Morgan fingerprint density at radius 1 is 0.812 bits per heavy atom. The topological polar surface area (TPSA) is 46.9 Å². The molecule has 2 heterocycles. The second-order valence-electron chi connectivity index (χ2n) is 7.41. The molecule has 0 spiro atoms. The lowest BCUT2D eigenvalue weighted by Gasteiger charge is -2.18. The summed E-state index contributed by atoms with van der Waals surface area (Å²) in [5.41, 5.74) is 3.30. The van der Waals surface area contributed by atoms with Crippen LogP contribution >= 0.6 is 11.8 Å². The van der Waals surface area contributed by atoms with Crippen molar-refractivity contribution in [2.24, 2.45) is 0 Å². The molecule has 0 saturated carbocycles. The van der Waals surface area contributed by atoms with Crippen molar-refractivity contribution in [3.05, 3.63) is 119 Å². The fraction of sp³-hybridized carbons (Fsp3) is 0.0370. The highest BCUT2D eigenvalue weighted by Gasteiger charge is 2.15. The Kier molecular flexibility index (Phi) is 5.48. The SMILES string of the molecule is Cc1nc2c(cc1Sc1ccccc1)c(=O)cc(Nc1ccccc1)n2-c1ccccc1. The van der Waals surface area contributed by atoms with Crippen LogP contribution in [-0.2, 0) is 0 Å². The average Bonchev–Trinajstić information content (AvgIpc) is 2.82. The molecule has 4 nitrogen and oxygen atoms in total. The number of rotatable bonds is 5. The number of hydrogen-bond donors (Lipinski definition) is 1. The number of aryl methyl sites for hydroxylation is 1. The van der Waals surface area contributed by atoms with E-state index in [1.165, 1.54) is 0 Å². The van der Waals surface area contributed by atoms with Crippen LogP contribution in [0.3, 0.4) is 0 Å². The lowest BCUT2D eigenvalue weighted by atomic mass is 10.2. The van der Waals surface area contributed by atoms with E-state index in [1.54, 1.807) is 17.8 Å². The number of hydrogen-bond acceptors (Lipinski definition) is 4. The molecule has 0 aliphatic heterocycles. The number of anilines is 2. The molecule has 3 aromatic carbocycles. The van der Waals surface area contributed by atoms with Crippen LogP contribution in [0.2, 0.25) is 0 Å². The molecule has 0 aliphatic carbocycles. The normalized spacial score (nSPS) is 10.9. The van der Waals surface area contributed by atoms with Crippen LogP contribution in [0.1, 0.15) is 5.69 Å². The van der Waals surface area contributed by atoms with Crippen LogP contribution in [-0.4, -0.2) is 9.55 Å². The molecule has 2 aromatic heterocycles. The average molecular weight is 436 g/mol. The fourth-order valence-corrected chi connectivity index (χ4v) is 4.54. The van der Waals surface area contributed by atoms with Gasteiger partial charge in [-0.05, 0) is 49.4 Å². The summed E-state index contributed by atoms with van der Waals surface area (Å²) in [4.78, 5) is 20.2. The maximum Gasteiger partial charge on any atom is 0.193 e. The zero-order chi connectivity index (χ0) is 21.9. The van der Waals surface area contributed by atoms with Gasteiger partial charge in [-0.2, -0.15) is 0 Å². The zero-order valence-electron chi connectivity index (χ0n) is 17.5. The molecular formula is C27H21N3OS. The van der Waals surface area contributed by atoms with E-state index in [2.05, 4.69) is 17.4 Å². The van der Waals surface area contributed by atoms with Gasteiger partial charge in [0.05, 0.1) is 11.1 Å². The molecule has 5 rings (SSSR count). The summed E-state index contributed by atoms with van der Waals surface area (Å²) in [5.74, 6) is 0.676.